The van der Waals surface area contributed by atoms with Crippen molar-refractivity contribution >= 4 is 27.5 Å². The molecule has 16 heavy (non-hydrogen) atoms. The van der Waals surface area contributed by atoms with Gasteiger partial charge in [0.1, 0.15) is 11.4 Å². The summed E-state index contributed by atoms with van der Waals surface area (Å²) in [5.41, 5.74) is 5.78. The molecule has 2 aromatic rings. The first-order chi connectivity index (χ1) is 7.50. The summed E-state index contributed by atoms with van der Waals surface area (Å²) in [6.07, 6.45) is 1.37. The lowest BCUT2D eigenvalue weighted by atomic mass is 10.2. The molecule has 0 spiro atoms. The molecule has 0 saturated carbocycles. The molecule has 0 atom stereocenters. The second kappa shape index (κ2) is 3.71. The molecule has 84 valence electrons. The minimum Gasteiger partial charge on any atom is -0.368 e. The van der Waals surface area contributed by atoms with Gasteiger partial charge in [-0.25, -0.2) is 4.98 Å². The normalized spacial score (nSPS) is 10.9. The van der Waals surface area contributed by atoms with E-state index in [1.54, 1.807) is 0 Å². The van der Waals surface area contributed by atoms with E-state index in [4.69, 9.17) is 5.73 Å². The number of carbonyl (C=O) groups is 1. The Morgan fingerprint density at radius 2 is 2.25 bits per heavy atom. The fourth-order valence-electron chi connectivity index (χ4n) is 1.55. The van der Waals surface area contributed by atoms with Crippen molar-refractivity contribution in [2.24, 2.45) is 5.73 Å². The molecule has 2 rings (SSSR count). The van der Waals surface area contributed by atoms with E-state index < -0.39 is 5.91 Å². The zero-order valence-electron chi connectivity index (χ0n) is 8.98. The number of amides is 1. The van der Waals surface area contributed by atoms with Crippen LogP contribution in [0.15, 0.2) is 11.1 Å². The first-order valence-electron chi connectivity index (χ1n) is 4.74. The molecular weight excluding hydrogens is 226 g/mol. The molecule has 0 radical (unpaired) electrons. The van der Waals surface area contributed by atoms with E-state index >= 15 is 0 Å². The number of fused-ring (bicyclic) bond motifs is 1. The van der Waals surface area contributed by atoms with Gasteiger partial charge in [0.05, 0.1) is 11.7 Å². The average Bonchev–Trinajstić information content (AvgIpc) is 2.48. The van der Waals surface area contributed by atoms with Crippen LogP contribution in [0.5, 0.6) is 0 Å². The number of hydrogen-bond acceptors (Lipinski definition) is 4. The van der Waals surface area contributed by atoms with Crippen molar-refractivity contribution in [3.8, 4) is 0 Å². The van der Waals surface area contributed by atoms with Crippen molar-refractivity contribution in [3.63, 3.8) is 0 Å². The molecule has 0 saturated heterocycles. The standard InChI is InChI=1S/C10H11N3O2S/c1-5-6(2)16-9-8(5)10(15)13(4-12-9)3-7(11)14/h4H,3H2,1-2H3,(H2,11,14). The Kier molecular flexibility index (Phi) is 2.51. The van der Waals surface area contributed by atoms with Gasteiger partial charge in [0.15, 0.2) is 0 Å². The zero-order valence-corrected chi connectivity index (χ0v) is 9.80. The first-order valence-corrected chi connectivity index (χ1v) is 5.56. The number of rotatable bonds is 2. The van der Waals surface area contributed by atoms with Crippen LogP contribution >= 0.6 is 11.3 Å². The molecule has 5 nitrogen and oxygen atoms in total. The molecule has 0 unspecified atom stereocenters. The molecule has 2 aromatic heterocycles. The van der Waals surface area contributed by atoms with E-state index in [-0.39, 0.29) is 12.1 Å². The fraction of sp³-hybridized carbons (Fsp3) is 0.300. The summed E-state index contributed by atoms with van der Waals surface area (Å²) in [4.78, 5) is 28.7. The van der Waals surface area contributed by atoms with Gasteiger partial charge >= 0.3 is 0 Å². The predicted octanol–water partition coefficient (Wildman–Crippen LogP) is 0.560. The maximum atomic E-state index is 12.0. The van der Waals surface area contributed by atoms with Crippen LogP contribution in [-0.2, 0) is 11.3 Å². The summed E-state index contributed by atoms with van der Waals surface area (Å²) in [7, 11) is 0. The summed E-state index contributed by atoms with van der Waals surface area (Å²) in [5, 5.41) is 0.589. The molecule has 0 aliphatic heterocycles. The number of nitrogens with two attached hydrogens (primary N) is 1. The minimum absolute atomic E-state index is 0.129. The number of aromatic nitrogens is 2. The SMILES string of the molecule is Cc1sc2ncn(CC(N)=O)c(=O)c2c1C. The molecule has 0 fully saturated rings. The molecule has 2 N–H and O–H groups in total. The summed E-state index contributed by atoms with van der Waals surface area (Å²) in [6, 6.07) is 0. The topological polar surface area (TPSA) is 78.0 Å². The van der Waals surface area contributed by atoms with Crippen molar-refractivity contribution in [2.45, 2.75) is 20.4 Å². The lowest BCUT2D eigenvalue weighted by molar-refractivity contribution is -0.118. The van der Waals surface area contributed by atoms with E-state index in [2.05, 4.69) is 4.98 Å². The summed E-state index contributed by atoms with van der Waals surface area (Å²) >= 11 is 1.48. The maximum Gasteiger partial charge on any atom is 0.262 e. The van der Waals surface area contributed by atoms with E-state index in [1.807, 2.05) is 13.8 Å². The molecule has 0 aromatic carbocycles. The predicted molar refractivity (Wildman–Crippen MR) is 62.5 cm³/mol. The highest BCUT2D eigenvalue weighted by Gasteiger charge is 2.12. The number of primary amides is 1. The van der Waals surface area contributed by atoms with Gasteiger partial charge in [-0.2, -0.15) is 0 Å². The summed E-state index contributed by atoms with van der Waals surface area (Å²) in [5.74, 6) is -0.548. The van der Waals surface area contributed by atoms with Gasteiger partial charge in [-0.15, -0.1) is 11.3 Å². The van der Waals surface area contributed by atoms with Crippen molar-refractivity contribution < 1.29 is 4.79 Å². The van der Waals surface area contributed by atoms with Gasteiger partial charge in [0, 0.05) is 4.88 Å². The summed E-state index contributed by atoms with van der Waals surface area (Å²) < 4.78 is 1.24. The summed E-state index contributed by atoms with van der Waals surface area (Å²) in [6.45, 7) is 3.70. The van der Waals surface area contributed by atoms with Crippen LogP contribution in [0.4, 0.5) is 0 Å². The highest BCUT2D eigenvalue weighted by Crippen LogP contribution is 2.25. The number of hydrogen-bond donors (Lipinski definition) is 1. The minimum atomic E-state index is -0.548. The smallest absolute Gasteiger partial charge is 0.262 e. The second-order valence-electron chi connectivity index (χ2n) is 3.61. The maximum absolute atomic E-state index is 12.0. The molecule has 6 heteroatoms. The lowest BCUT2D eigenvalue weighted by Gasteiger charge is -2.01. The van der Waals surface area contributed by atoms with E-state index in [0.717, 1.165) is 10.4 Å². The zero-order chi connectivity index (χ0) is 11.9. The molecule has 1 amide bonds. The highest BCUT2D eigenvalue weighted by molar-refractivity contribution is 7.18. The lowest BCUT2D eigenvalue weighted by Crippen LogP contribution is -2.28. The molecule has 0 bridgehead atoms. The third kappa shape index (κ3) is 1.61. The van der Waals surface area contributed by atoms with Gasteiger partial charge in [0.2, 0.25) is 5.91 Å². The van der Waals surface area contributed by atoms with Crippen molar-refractivity contribution in [3.05, 3.63) is 27.1 Å². The van der Waals surface area contributed by atoms with Crippen molar-refractivity contribution in [2.75, 3.05) is 0 Å². The van der Waals surface area contributed by atoms with Crippen molar-refractivity contribution in [1.29, 1.82) is 0 Å². The fourth-order valence-corrected chi connectivity index (χ4v) is 2.54. The number of carbonyl (C=O) groups excluding carboxylic acids is 1. The second-order valence-corrected chi connectivity index (χ2v) is 4.81. The number of aryl methyl sites for hydroxylation is 2. The Hall–Kier alpha value is -1.69. The van der Waals surface area contributed by atoms with E-state index in [9.17, 15) is 9.59 Å². The Balaban J connectivity index is 2.73. The highest BCUT2D eigenvalue weighted by atomic mass is 32.1. The molecule has 2 heterocycles. The van der Waals surface area contributed by atoms with Gasteiger partial charge in [-0.3, -0.25) is 14.2 Å². The van der Waals surface area contributed by atoms with E-state index in [1.165, 1.54) is 22.2 Å². The largest absolute Gasteiger partial charge is 0.368 e. The molecular formula is C10H11N3O2S. The van der Waals surface area contributed by atoms with Crippen LogP contribution in [-0.4, -0.2) is 15.5 Å². The average molecular weight is 237 g/mol. The quantitative estimate of drug-likeness (QED) is 0.829. The Morgan fingerprint density at radius 1 is 1.56 bits per heavy atom. The van der Waals surface area contributed by atoms with Gasteiger partial charge in [-0.05, 0) is 19.4 Å². The van der Waals surface area contributed by atoms with Gasteiger partial charge in [-0.1, -0.05) is 0 Å². The van der Waals surface area contributed by atoms with Crippen LogP contribution < -0.4 is 11.3 Å². The molecule has 0 aliphatic carbocycles. The van der Waals surface area contributed by atoms with Crippen LogP contribution in [0, 0.1) is 13.8 Å². The third-order valence-electron chi connectivity index (χ3n) is 2.48. The van der Waals surface area contributed by atoms with Crippen LogP contribution in [0.3, 0.4) is 0 Å². The number of nitrogens with zero attached hydrogens (tertiary/aromatic N) is 2. The molecule has 0 aliphatic rings. The van der Waals surface area contributed by atoms with Crippen molar-refractivity contribution in [1.82, 2.24) is 9.55 Å². The van der Waals surface area contributed by atoms with Gasteiger partial charge < -0.3 is 5.73 Å². The van der Waals surface area contributed by atoms with Gasteiger partial charge in [0.25, 0.3) is 5.56 Å². The monoisotopic (exact) mass is 237 g/mol. The third-order valence-corrected chi connectivity index (χ3v) is 3.60. The Morgan fingerprint density at radius 3 is 2.88 bits per heavy atom. The Bertz CT molecular complexity index is 627. The van der Waals surface area contributed by atoms with E-state index in [0.29, 0.717) is 10.2 Å². The van der Waals surface area contributed by atoms with Crippen LogP contribution in [0.25, 0.3) is 10.2 Å². The number of thiophene rings is 1. The van der Waals surface area contributed by atoms with Crippen LogP contribution in [0.1, 0.15) is 10.4 Å². The first kappa shape index (κ1) is 10.8. The Labute approximate surface area is 95.5 Å². The van der Waals surface area contributed by atoms with Crippen LogP contribution in [0.2, 0.25) is 0 Å².